The van der Waals surface area contributed by atoms with Crippen molar-refractivity contribution in [3.63, 3.8) is 0 Å². The molecule has 2 N–H and O–H groups in total. The van der Waals surface area contributed by atoms with E-state index in [1.165, 1.54) is 12.1 Å². The molecule has 7 heteroatoms. The molecule has 0 aromatic heterocycles. The summed E-state index contributed by atoms with van der Waals surface area (Å²) in [4.78, 5) is 10.9. The van der Waals surface area contributed by atoms with Crippen LogP contribution in [0.25, 0.3) is 0 Å². The second kappa shape index (κ2) is 5.58. The molecule has 0 heterocycles. The summed E-state index contributed by atoms with van der Waals surface area (Å²) in [7, 11) is 1.50. The van der Waals surface area contributed by atoms with E-state index in [1.54, 1.807) is 19.9 Å². The highest BCUT2D eigenvalue weighted by molar-refractivity contribution is 8.13. The van der Waals surface area contributed by atoms with E-state index in [0.29, 0.717) is 11.3 Å². The zero-order valence-corrected chi connectivity index (χ0v) is 11.6. The molecule has 0 saturated heterocycles. The molecular weight excluding hydrogens is 278 g/mol. The number of hydrogen-bond acceptors (Lipinski definition) is 4. The van der Waals surface area contributed by atoms with Gasteiger partial charge >= 0.3 is 0 Å². The molecule has 18 heavy (non-hydrogen) atoms. The number of nitrogens with two attached hydrogens (primary N) is 1. The fourth-order valence-electron chi connectivity index (χ4n) is 1.29. The van der Waals surface area contributed by atoms with Gasteiger partial charge in [0.1, 0.15) is 5.75 Å². The van der Waals surface area contributed by atoms with Crippen LogP contribution in [-0.2, 0) is 13.8 Å². The number of amides is 1. The molecule has 0 aliphatic heterocycles. The van der Waals surface area contributed by atoms with Crippen LogP contribution in [0.3, 0.4) is 0 Å². The smallest absolute Gasteiger partial charge is 0.261 e. The Morgan fingerprint density at radius 3 is 2.56 bits per heavy atom. The SMILES string of the molecule is Cc1cc(OCC(C)C(N)=O)ccc1S(=O)(=O)Cl. The quantitative estimate of drug-likeness (QED) is 0.831. The molecule has 1 aromatic carbocycles. The van der Waals surface area contributed by atoms with Gasteiger partial charge in [-0.15, -0.1) is 0 Å². The highest BCUT2D eigenvalue weighted by atomic mass is 35.7. The Labute approximate surface area is 110 Å². The summed E-state index contributed by atoms with van der Waals surface area (Å²) in [5.41, 5.74) is 5.58. The van der Waals surface area contributed by atoms with Crippen molar-refractivity contribution in [2.75, 3.05) is 6.61 Å². The molecule has 1 aromatic rings. The van der Waals surface area contributed by atoms with Crippen LogP contribution in [0.4, 0.5) is 0 Å². The molecule has 1 rings (SSSR count). The summed E-state index contributed by atoms with van der Waals surface area (Å²) in [6, 6.07) is 4.39. The van der Waals surface area contributed by atoms with Gasteiger partial charge < -0.3 is 10.5 Å². The van der Waals surface area contributed by atoms with Gasteiger partial charge in [-0.3, -0.25) is 4.79 Å². The second-order valence-corrected chi connectivity index (χ2v) is 6.51. The molecule has 0 spiro atoms. The zero-order valence-electron chi connectivity index (χ0n) is 10.0. The standard InChI is InChI=1S/C11H14ClNO4S/c1-7-5-9(17-6-8(2)11(13)14)3-4-10(7)18(12,15)16/h3-5,8H,6H2,1-2H3,(H2,13,14). The minimum atomic E-state index is -3.75. The first-order chi connectivity index (χ1) is 8.21. The van der Waals surface area contributed by atoms with E-state index in [2.05, 4.69) is 0 Å². The Morgan fingerprint density at radius 2 is 2.11 bits per heavy atom. The van der Waals surface area contributed by atoms with Crippen LogP contribution >= 0.6 is 10.7 Å². The largest absolute Gasteiger partial charge is 0.493 e. The molecule has 1 amide bonds. The van der Waals surface area contributed by atoms with Crippen LogP contribution in [-0.4, -0.2) is 20.9 Å². The van der Waals surface area contributed by atoms with Crippen molar-refractivity contribution in [3.8, 4) is 5.75 Å². The number of benzene rings is 1. The Morgan fingerprint density at radius 1 is 1.50 bits per heavy atom. The molecule has 0 bridgehead atoms. The first-order valence-corrected chi connectivity index (χ1v) is 7.50. The van der Waals surface area contributed by atoms with Gasteiger partial charge in [-0.1, -0.05) is 6.92 Å². The highest BCUT2D eigenvalue weighted by Crippen LogP contribution is 2.24. The molecule has 0 radical (unpaired) electrons. The molecule has 1 unspecified atom stereocenters. The van der Waals surface area contributed by atoms with Gasteiger partial charge in [-0.25, -0.2) is 8.42 Å². The first kappa shape index (κ1) is 14.8. The summed E-state index contributed by atoms with van der Waals surface area (Å²) in [5, 5.41) is 0. The predicted molar refractivity (Wildman–Crippen MR) is 68.1 cm³/mol. The maximum atomic E-state index is 11.2. The van der Waals surface area contributed by atoms with Crippen LogP contribution in [0.5, 0.6) is 5.75 Å². The van der Waals surface area contributed by atoms with E-state index in [-0.39, 0.29) is 11.5 Å². The third kappa shape index (κ3) is 3.89. The molecule has 1 atom stereocenters. The molecule has 0 aliphatic rings. The average Bonchev–Trinajstić information content (AvgIpc) is 2.23. The Balaban J connectivity index is 2.83. The van der Waals surface area contributed by atoms with Crippen molar-refractivity contribution in [1.82, 2.24) is 0 Å². The molecule has 5 nitrogen and oxygen atoms in total. The fraction of sp³-hybridized carbons (Fsp3) is 0.364. The lowest BCUT2D eigenvalue weighted by molar-refractivity contribution is -0.122. The molecular formula is C11H14ClNO4S. The third-order valence-electron chi connectivity index (χ3n) is 2.39. The van der Waals surface area contributed by atoms with Gasteiger partial charge in [0.15, 0.2) is 0 Å². The fourth-order valence-corrected chi connectivity index (χ4v) is 2.48. The first-order valence-electron chi connectivity index (χ1n) is 5.19. The number of ether oxygens (including phenoxy) is 1. The highest BCUT2D eigenvalue weighted by Gasteiger charge is 2.14. The van der Waals surface area contributed by atoms with Crippen molar-refractivity contribution >= 4 is 25.6 Å². The van der Waals surface area contributed by atoms with Crippen molar-refractivity contribution in [1.29, 1.82) is 0 Å². The molecule has 0 saturated carbocycles. The summed E-state index contributed by atoms with van der Waals surface area (Å²) in [6.45, 7) is 3.40. The van der Waals surface area contributed by atoms with Crippen LogP contribution in [0, 0.1) is 12.8 Å². The van der Waals surface area contributed by atoms with Crippen molar-refractivity contribution in [3.05, 3.63) is 23.8 Å². The zero-order chi connectivity index (χ0) is 13.9. The van der Waals surface area contributed by atoms with Gasteiger partial charge in [0.2, 0.25) is 5.91 Å². The van der Waals surface area contributed by atoms with Gasteiger partial charge in [-0.2, -0.15) is 0 Å². The number of hydrogen-bond donors (Lipinski definition) is 1. The third-order valence-corrected chi connectivity index (χ3v) is 3.88. The number of carbonyl (C=O) groups excluding carboxylic acids is 1. The van der Waals surface area contributed by atoms with E-state index in [9.17, 15) is 13.2 Å². The van der Waals surface area contributed by atoms with Crippen LogP contribution in [0.15, 0.2) is 23.1 Å². The summed E-state index contributed by atoms with van der Waals surface area (Å²) < 4.78 is 27.7. The normalized spacial score (nSPS) is 13.1. The average molecular weight is 292 g/mol. The second-order valence-electron chi connectivity index (χ2n) is 3.98. The number of primary amides is 1. The van der Waals surface area contributed by atoms with E-state index >= 15 is 0 Å². The van der Waals surface area contributed by atoms with Crippen LogP contribution in [0.2, 0.25) is 0 Å². The van der Waals surface area contributed by atoms with E-state index in [1.807, 2.05) is 0 Å². The summed E-state index contributed by atoms with van der Waals surface area (Å²) >= 11 is 0. The molecule has 0 fully saturated rings. The molecule has 0 aliphatic carbocycles. The molecule has 100 valence electrons. The summed E-state index contributed by atoms with van der Waals surface area (Å²) in [5.74, 6) is -0.405. The lowest BCUT2D eigenvalue weighted by atomic mass is 10.2. The van der Waals surface area contributed by atoms with Gasteiger partial charge in [0, 0.05) is 10.7 Å². The van der Waals surface area contributed by atoms with Crippen molar-refractivity contribution in [2.45, 2.75) is 18.7 Å². The maximum absolute atomic E-state index is 11.2. The van der Waals surface area contributed by atoms with E-state index < -0.39 is 20.9 Å². The van der Waals surface area contributed by atoms with Gasteiger partial charge in [0.05, 0.1) is 17.4 Å². The number of rotatable bonds is 5. The monoisotopic (exact) mass is 291 g/mol. The van der Waals surface area contributed by atoms with E-state index in [0.717, 1.165) is 0 Å². The van der Waals surface area contributed by atoms with Crippen LogP contribution in [0.1, 0.15) is 12.5 Å². The minimum absolute atomic E-state index is 0.0412. The van der Waals surface area contributed by atoms with Crippen LogP contribution < -0.4 is 10.5 Å². The number of carbonyl (C=O) groups is 1. The minimum Gasteiger partial charge on any atom is -0.493 e. The topological polar surface area (TPSA) is 86.5 Å². The lowest BCUT2D eigenvalue weighted by Crippen LogP contribution is -2.25. The lowest BCUT2D eigenvalue weighted by Gasteiger charge is -2.11. The summed E-state index contributed by atoms with van der Waals surface area (Å²) in [6.07, 6.45) is 0. The van der Waals surface area contributed by atoms with Gasteiger partial charge in [0.25, 0.3) is 9.05 Å². The Hall–Kier alpha value is -1.27. The van der Waals surface area contributed by atoms with Gasteiger partial charge in [-0.05, 0) is 30.7 Å². The van der Waals surface area contributed by atoms with E-state index in [4.69, 9.17) is 21.2 Å². The van der Waals surface area contributed by atoms with Crippen molar-refractivity contribution < 1.29 is 17.9 Å². The Kier molecular flexibility index (Phi) is 4.59. The van der Waals surface area contributed by atoms with Crippen molar-refractivity contribution in [2.24, 2.45) is 11.7 Å². The maximum Gasteiger partial charge on any atom is 0.261 e. The predicted octanol–water partition coefficient (Wildman–Crippen LogP) is 1.42. The number of aryl methyl sites for hydroxylation is 1. The number of halogens is 1. The Bertz CT molecular complexity index is 556.